The maximum absolute atomic E-state index is 13.0. The third-order valence-corrected chi connectivity index (χ3v) is 9.72. The van der Waals surface area contributed by atoms with Crippen molar-refractivity contribution in [2.45, 2.75) is 31.4 Å². The molecule has 9 heteroatoms. The Bertz CT molecular complexity index is 1570. The largest absolute Gasteiger partial charge is 0.391 e. The number of rotatable bonds is 7. The van der Waals surface area contributed by atoms with Crippen LogP contribution in [0, 0.1) is 23.7 Å². The van der Waals surface area contributed by atoms with Crippen molar-refractivity contribution in [1.82, 2.24) is 9.97 Å². The van der Waals surface area contributed by atoms with Crippen LogP contribution in [0.15, 0.2) is 65.8 Å². The van der Waals surface area contributed by atoms with Crippen LogP contribution >= 0.6 is 0 Å². The number of anilines is 2. The highest BCUT2D eigenvalue weighted by molar-refractivity contribution is 6.04. The zero-order chi connectivity index (χ0) is 28.2. The van der Waals surface area contributed by atoms with Crippen molar-refractivity contribution in [2.75, 3.05) is 36.5 Å². The van der Waals surface area contributed by atoms with Gasteiger partial charge in [0.1, 0.15) is 17.7 Å². The lowest BCUT2D eigenvalue weighted by molar-refractivity contribution is -0.125. The number of nitrogens with one attached hydrogen (secondary N) is 1. The molecule has 3 aromatic rings. The standard InChI is InChI=1S/C33H34N6O3/c34-32(40)28-23-18-24(31-27(23)29(38-42-31)20-5-2-1-3-6-20)30(28)37-33-22-7-4-8-25(22)35-26(36-33)17-19-9-11-21(12-10-19)39-13-15-41-16-14-39/h1-7,9-12,23-24,27-28,30-31H,8,13-18H2,(H2,34,40)(H,35,36,37). The van der Waals surface area contributed by atoms with E-state index in [0.717, 1.165) is 78.9 Å². The van der Waals surface area contributed by atoms with Crippen LogP contribution in [0.1, 0.15) is 34.6 Å². The number of ether oxygens (including phenoxy) is 1. The van der Waals surface area contributed by atoms with Crippen molar-refractivity contribution in [1.29, 1.82) is 0 Å². The molecule has 6 atom stereocenters. The van der Waals surface area contributed by atoms with Gasteiger partial charge in [0, 0.05) is 55.1 Å². The lowest BCUT2D eigenvalue weighted by Gasteiger charge is -2.36. The van der Waals surface area contributed by atoms with Crippen molar-refractivity contribution >= 4 is 29.2 Å². The maximum Gasteiger partial charge on any atom is 0.222 e. The fourth-order valence-corrected chi connectivity index (χ4v) is 7.84. The van der Waals surface area contributed by atoms with Crippen LogP contribution in [0.4, 0.5) is 11.5 Å². The van der Waals surface area contributed by atoms with Gasteiger partial charge in [0.15, 0.2) is 0 Å². The van der Waals surface area contributed by atoms with E-state index in [1.54, 1.807) is 0 Å². The van der Waals surface area contributed by atoms with E-state index in [4.69, 9.17) is 25.3 Å². The lowest BCUT2D eigenvalue weighted by Crippen LogP contribution is -2.51. The second kappa shape index (κ2) is 10.2. The summed E-state index contributed by atoms with van der Waals surface area (Å²) in [6.45, 7) is 3.36. The Morgan fingerprint density at radius 2 is 1.83 bits per heavy atom. The summed E-state index contributed by atoms with van der Waals surface area (Å²) in [5.74, 6) is 1.18. The van der Waals surface area contributed by atoms with Gasteiger partial charge in [-0.25, -0.2) is 9.97 Å². The van der Waals surface area contributed by atoms with Gasteiger partial charge in [-0.15, -0.1) is 0 Å². The van der Waals surface area contributed by atoms with Crippen molar-refractivity contribution in [3.63, 3.8) is 0 Å². The summed E-state index contributed by atoms with van der Waals surface area (Å²) < 4.78 is 5.49. The van der Waals surface area contributed by atoms with E-state index in [2.05, 4.69) is 63.9 Å². The van der Waals surface area contributed by atoms with E-state index < -0.39 is 0 Å². The first kappa shape index (κ1) is 25.5. The number of carbonyl (C=O) groups is 1. The SMILES string of the molecule is NC(=O)C1C2CC(C1Nc1nc(Cc3ccc(N4CCOCC4)cc3)nc3c1C=CC3)C1ON=C(c3ccccc3)C21. The number of oxime groups is 1. The Morgan fingerprint density at radius 3 is 2.62 bits per heavy atom. The number of amides is 1. The van der Waals surface area contributed by atoms with Crippen LogP contribution in [-0.2, 0) is 27.2 Å². The number of hydrogen-bond donors (Lipinski definition) is 2. The molecule has 5 aliphatic rings. The van der Waals surface area contributed by atoms with E-state index in [1.165, 1.54) is 5.69 Å². The number of primary amides is 1. The van der Waals surface area contributed by atoms with Gasteiger partial charge >= 0.3 is 0 Å². The molecule has 3 fully saturated rings. The predicted octanol–water partition coefficient (Wildman–Crippen LogP) is 3.42. The third kappa shape index (κ3) is 4.26. The number of benzene rings is 2. The van der Waals surface area contributed by atoms with Gasteiger partial charge in [-0.2, -0.15) is 0 Å². The first-order valence-corrected chi connectivity index (χ1v) is 15.0. The van der Waals surface area contributed by atoms with Crippen LogP contribution in [0.3, 0.4) is 0 Å². The van der Waals surface area contributed by atoms with Gasteiger partial charge in [0.05, 0.1) is 30.5 Å². The number of morpholine rings is 1. The van der Waals surface area contributed by atoms with Gasteiger partial charge in [0.2, 0.25) is 5.91 Å². The Balaban J connectivity index is 1.05. The fraction of sp³-hybridized carbons (Fsp3) is 0.394. The van der Waals surface area contributed by atoms with Crippen molar-refractivity contribution in [3.05, 3.63) is 88.9 Å². The third-order valence-electron chi connectivity index (χ3n) is 9.72. The fourth-order valence-electron chi connectivity index (χ4n) is 7.84. The number of allylic oxidation sites excluding steroid dienone is 1. The van der Waals surface area contributed by atoms with Crippen molar-refractivity contribution in [3.8, 4) is 0 Å². The van der Waals surface area contributed by atoms with Crippen LogP contribution in [0.2, 0.25) is 0 Å². The minimum atomic E-state index is -0.334. The minimum Gasteiger partial charge on any atom is -0.391 e. The molecule has 2 bridgehead atoms. The zero-order valence-electron chi connectivity index (χ0n) is 23.4. The van der Waals surface area contributed by atoms with Gasteiger partial charge in [-0.3, -0.25) is 4.79 Å². The molecule has 214 valence electrons. The maximum atomic E-state index is 13.0. The van der Waals surface area contributed by atoms with Gasteiger partial charge in [-0.1, -0.05) is 59.8 Å². The lowest BCUT2D eigenvalue weighted by atomic mass is 9.72. The molecule has 2 aromatic carbocycles. The Hall–Kier alpha value is -4.24. The van der Waals surface area contributed by atoms with Gasteiger partial charge in [0.25, 0.3) is 0 Å². The molecule has 9 nitrogen and oxygen atoms in total. The quantitative estimate of drug-likeness (QED) is 0.454. The summed E-state index contributed by atoms with van der Waals surface area (Å²) in [5.41, 5.74) is 12.5. The van der Waals surface area contributed by atoms with E-state index in [0.29, 0.717) is 6.42 Å². The Kier molecular flexibility index (Phi) is 6.21. The highest BCUT2D eigenvalue weighted by Gasteiger charge is 2.64. The first-order chi connectivity index (χ1) is 20.6. The molecule has 0 radical (unpaired) electrons. The van der Waals surface area contributed by atoms with Crippen LogP contribution in [-0.4, -0.2) is 60.0 Å². The second-order valence-electron chi connectivity index (χ2n) is 12.0. The zero-order valence-corrected chi connectivity index (χ0v) is 23.4. The molecular formula is C33H34N6O3. The van der Waals surface area contributed by atoms with Gasteiger partial charge < -0.3 is 25.5 Å². The molecule has 2 saturated carbocycles. The molecule has 3 heterocycles. The number of carbonyl (C=O) groups excluding carboxylic acids is 1. The molecule has 42 heavy (non-hydrogen) atoms. The minimum absolute atomic E-state index is 0.0694. The molecule has 1 aromatic heterocycles. The normalized spacial score (nSPS) is 28.8. The first-order valence-electron chi connectivity index (χ1n) is 15.0. The summed E-state index contributed by atoms with van der Waals surface area (Å²) in [6.07, 6.45) is 6.40. The average molecular weight is 563 g/mol. The van der Waals surface area contributed by atoms with E-state index in [1.807, 2.05) is 18.2 Å². The molecule has 6 unspecified atom stereocenters. The number of fused-ring (bicyclic) bond motifs is 6. The number of nitrogens with zero attached hydrogens (tertiary/aromatic N) is 4. The monoisotopic (exact) mass is 562 g/mol. The van der Waals surface area contributed by atoms with Crippen molar-refractivity contribution < 1.29 is 14.4 Å². The molecule has 3 N–H and O–H groups in total. The summed E-state index contributed by atoms with van der Waals surface area (Å²) in [4.78, 5) is 31.3. The molecular weight excluding hydrogens is 528 g/mol. The highest BCUT2D eigenvalue weighted by atomic mass is 16.6. The number of nitrogens with two attached hydrogens (primary N) is 1. The second-order valence-corrected chi connectivity index (χ2v) is 12.0. The van der Waals surface area contributed by atoms with Crippen molar-refractivity contribution in [2.24, 2.45) is 34.6 Å². The van der Waals surface area contributed by atoms with E-state index in [-0.39, 0.29) is 41.7 Å². The summed E-state index contributed by atoms with van der Waals surface area (Å²) in [7, 11) is 0. The van der Waals surface area contributed by atoms with Crippen LogP contribution in [0.5, 0.6) is 0 Å². The molecule has 1 amide bonds. The number of aromatic nitrogens is 2. The average Bonchev–Trinajstić information content (AvgIpc) is 3.80. The predicted molar refractivity (Wildman–Crippen MR) is 160 cm³/mol. The summed E-state index contributed by atoms with van der Waals surface area (Å²) >= 11 is 0. The molecule has 2 aliphatic heterocycles. The topological polar surface area (TPSA) is 115 Å². The summed E-state index contributed by atoms with van der Waals surface area (Å²) in [5, 5.41) is 8.21. The summed E-state index contributed by atoms with van der Waals surface area (Å²) in [6, 6.07) is 18.6. The van der Waals surface area contributed by atoms with Gasteiger partial charge in [-0.05, 0) is 35.6 Å². The highest BCUT2D eigenvalue weighted by Crippen LogP contribution is 2.57. The van der Waals surface area contributed by atoms with Crippen LogP contribution in [0.25, 0.3) is 6.08 Å². The van der Waals surface area contributed by atoms with E-state index in [9.17, 15) is 4.79 Å². The van der Waals surface area contributed by atoms with E-state index >= 15 is 0 Å². The molecule has 3 aliphatic carbocycles. The molecule has 1 saturated heterocycles. The number of hydrogen-bond acceptors (Lipinski definition) is 8. The smallest absolute Gasteiger partial charge is 0.222 e. The Morgan fingerprint density at radius 1 is 1.02 bits per heavy atom. The molecule has 8 rings (SSSR count). The molecule has 0 spiro atoms. The Labute approximate surface area is 244 Å². The van der Waals surface area contributed by atoms with Crippen LogP contribution < -0.4 is 16.0 Å².